The molecule has 33 heavy (non-hydrogen) atoms. The molecular formula is C30H19N3. The molecule has 0 saturated carbocycles. The van der Waals surface area contributed by atoms with Crippen LogP contribution in [0.2, 0.25) is 0 Å². The molecule has 3 nitrogen and oxygen atoms in total. The van der Waals surface area contributed by atoms with Gasteiger partial charge >= 0.3 is 0 Å². The van der Waals surface area contributed by atoms with Crippen molar-refractivity contribution >= 4 is 21.8 Å². The quantitative estimate of drug-likeness (QED) is 0.299. The topological polar surface area (TPSA) is 41.6 Å². The van der Waals surface area contributed by atoms with Gasteiger partial charge in [-0.2, -0.15) is 5.26 Å². The molecule has 6 rings (SSSR count). The van der Waals surface area contributed by atoms with E-state index in [4.69, 9.17) is 5.26 Å². The van der Waals surface area contributed by atoms with Crippen molar-refractivity contribution < 1.29 is 0 Å². The van der Waals surface area contributed by atoms with E-state index in [1.165, 1.54) is 27.4 Å². The third-order valence-corrected chi connectivity index (χ3v) is 6.13. The van der Waals surface area contributed by atoms with Crippen LogP contribution in [-0.4, -0.2) is 9.55 Å². The summed E-state index contributed by atoms with van der Waals surface area (Å²) >= 11 is 0. The van der Waals surface area contributed by atoms with Crippen LogP contribution in [0.4, 0.5) is 0 Å². The zero-order chi connectivity index (χ0) is 22.2. The van der Waals surface area contributed by atoms with E-state index in [0.717, 1.165) is 22.4 Å². The summed E-state index contributed by atoms with van der Waals surface area (Å²) in [6.07, 6.45) is 1.75. The van der Waals surface area contributed by atoms with Crippen LogP contribution in [-0.2, 0) is 0 Å². The molecule has 0 unspecified atom stereocenters. The molecule has 0 atom stereocenters. The summed E-state index contributed by atoms with van der Waals surface area (Å²) in [5.74, 6) is 0. The lowest BCUT2D eigenvalue weighted by molar-refractivity contribution is 1.18. The van der Waals surface area contributed by atoms with E-state index in [1.54, 1.807) is 12.3 Å². The second-order valence-electron chi connectivity index (χ2n) is 8.01. The molecule has 0 spiro atoms. The van der Waals surface area contributed by atoms with Crippen molar-refractivity contribution in [1.82, 2.24) is 9.55 Å². The first kappa shape index (κ1) is 19.0. The van der Waals surface area contributed by atoms with Crippen LogP contribution in [0.3, 0.4) is 0 Å². The van der Waals surface area contributed by atoms with Crippen molar-refractivity contribution in [2.24, 2.45) is 0 Å². The van der Waals surface area contributed by atoms with Gasteiger partial charge in [0.1, 0.15) is 11.8 Å². The highest BCUT2D eigenvalue weighted by Crippen LogP contribution is 2.36. The van der Waals surface area contributed by atoms with Gasteiger partial charge in [-0.3, -0.25) is 0 Å². The lowest BCUT2D eigenvalue weighted by Crippen LogP contribution is -1.97. The van der Waals surface area contributed by atoms with Gasteiger partial charge in [0.2, 0.25) is 0 Å². The van der Waals surface area contributed by atoms with Crippen LogP contribution >= 0.6 is 0 Å². The van der Waals surface area contributed by atoms with Gasteiger partial charge in [0.15, 0.2) is 0 Å². The van der Waals surface area contributed by atoms with E-state index in [1.807, 2.05) is 6.07 Å². The highest BCUT2D eigenvalue weighted by molar-refractivity contribution is 6.09. The van der Waals surface area contributed by atoms with E-state index < -0.39 is 0 Å². The SMILES string of the molecule is N#Cc1ccc(-c2ccc(-c3ccccc3-n3c4ccccc4c4ccccc43)cc2)cn1. The lowest BCUT2D eigenvalue weighted by Gasteiger charge is -2.14. The van der Waals surface area contributed by atoms with Crippen molar-refractivity contribution in [1.29, 1.82) is 5.26 Å². The molecule has 0 N–H and O–H groups in total. The molecule has 0 saturated heterocycles. The van der Waals surface area contributed by atoms with Gasteiger partial charge in [-0.1, -0.05) is 78.9 Å². The Morgan fingerprint density at radius 2 is 1.15 bits per heavy atom. The van der Waals surface area contributed by atoms with Gasteiger partial charge in [-0.15, -0.1) is 0 Å². The van der Waals surface area contributed by atoms with Crippen molar-refractivity contribution in [3.05, 3.63) is 121 Å². The number of fused-ring (bicyclic) bond motifs is 3. The van der Waals surface area contributed by atoms with E-state index in [0.29, 0.717) is 5.69 Å². The summed E-state index contributed by atoms with van der Waals surface area (Å²) in [5.41, 5.74) is 8.38. The third kappa shape index (κ3) is 3.17. The highest BCUT2D eigenvalue weighted by Gasteiger charge is 2.14. The summed E-state index contributed by atoms with van der Waals surface area (Å²) in [6, 6.07) is 40.0. The molecule has 0 bridgehead atoms. The molecule has 154 valence electrons. The normalized spacial score (nSPS) is 11.0. The summed E-state index contributed by atoms with van der Waals surface area (Å²) in [4.78, 5) is 4.20. The van der Waals surface area contributed by atoms with E-state index >= 15 is 0 Å². The van der Waals surface area contributed by atoms with E-state index in [-0.39, 0.29) is 0 Å². The molecule has 2 aromatic heterocycles. The van der Waals surface area contributed by atoms with Gasteiger partial charge < -0.3 is 4.57 Å². The molecule has 4 aromatic carbocycles. The number of rotatable bonds is 3. The molecule has 3 heteroatoms. The number of aromatic nitrogens is 2. The minimum atomic E-state index is 0.426. The largest absolute Gasteiger partial charge is 0.309 e. The number of hydrogen-bond acceptors (Lipinski definition) is 2. The second-order valence-corrected chi connectivity index (χ2v) is 8.01. The standard InChI is InChI=1S/C30H19N3/c31-19-24-18-17-23(20-32-24)21-13-15-22(16-14-21)25-7-1-4-10-28(25)33-29-11-5-2-8-26(29)27-9-3-6-12-30(27)33/h1-18,20H. The molecule has 6 aromatic rings. The van der Waals surface area contributed by atoms with E-state index in [9.17, 15) is 0 Å². The fraction of sp³-hybridized carbons (Fsp3) is 0. The highest BCUT2D eigenvalue weighted by atomic mass is 15.0. The maximum absolute atomic E-state index is 8.98. The molecule has 0 aliphatic heterocycles. The van der Waals surface area contributed by atoms with Gasteiger partial charge in [-0.25, -0.2) is 4.98 Å². The van der Waals surface area contributed by atoms with Crippen molar-refractivity contribution in [2.45, 2.75) is 0 Å². The van der Waals surface area contributed by atoms with Crippen molar-refractivity contribution in [2.75, 3.05) is 0 Å². The number of nitrogens with zero attached hydrogens (tertiary/aromatic N) is 3. The Morgan fingerprint density at radius 3 is 1.79 bits per heavy atom. The van der Waals surface area contributed by atoms with Crippen LogP contribution in [0.5, 0.6) is 0 Å². The summed E-state index contributed by atoms with van der Waals surface area (Å²) in [5, 5.41) is 11.5. The number of para-hydroxylation sites is 3. The monoisotopic (exact) mass is 421 g/mol. The van der Waals surface area contributed by atoms with Gasteiger partial charge in [0.05, 0.1) is 16.7 Å². The van der Waals surface area contributed by atoms with Crippen LogP contribution in [0.1, 0.15) is 5.69 Å². The minimum absolute atomic E-state index is 0.426. The predicted molar refractivity (Wildman–Crippen MR) is 134 cm³/mol. The first-order chi connectivity index (χ1) is 16.3. The zero-order valence-electron chi connectivity index (χ0n) is 17.8. The van der Waals surface area contributed by atoms with Gasteiger partial charge in [0, 0.05) is 28.1 Å². The summed E-state index contributed by atoms with van der Waals surface area (Å²) < 4.78 is 2.36. The van der Waals surface area contributed by atoms with Crippen LogP contribution in [0.15, 0.2) is 115 Å². The van der Waals surface area contributed by atoms with Crippen molar-refractivity contribution in [3.63, 3.8) is 0 Å². The second kappa shape index (κ2) is 7.78. The number of pyridine rings is 1. The Hall–Kier alpha value is -4.68. The molecular weight excluding hydrogens is 402 g/mol. The third-order valence-electron chi connectivity index (χ3n) is 6.13. The molecule has 2 heterocycles. The summed E-state index contributed by atoms with van der Waals surface area (Å²) in [6.45, 7) is 0. The molecule has 0 radical (unpaired) electrons. The molecule has 0 amide bonds. The number of benzene rings is 4. The molecule has 0 aliphatic carbocycles. The zero-order valence-corrected chi connectivity index (χ0v) is 17.8. The lowest BCUT2D eigenvalue weighted by atomic mass is 9.99. The first-order valence-electron chi connectivity index (χ1n) is 10.9. The first-order valence-corrected chi connectivity index (χ1v) is 10.9. The summed E-state index contributed by atoms with van der Waals surface area (Å²) in [7, 11) is 0. The Labute approximate surface area is 191 Å². The Kier molecular flexibility index (Phi) is 4.49. The smallest absolute Gasteiger partial charge is 0.140 e. The predicted octanol–water partition coefficient (Wildman–Crippen LogP) is 7.38. The van der Waals surface area contributed by atoms with Crippen molar-refractivity contribution in [3.8, 4) is 34.0 Å². The average Bonchev–Trinajstić information content (AvgIpc) is 3.23. The fourth-order valence-electron chi connectivity index (χ4n) is 4.57. The maximum Gasteiger partial charge on any atom is 0.140 e. The van der Waals surface area contributed by atoms with E-state index in [2.05, 4.69) is 113 Å². The molecule has 0 aliphatic rings. The fourth-order valence-corrected chi connectivity index (χ4v) is 4.57. The average molecular weight is 422 g/mol. The van der Waals surface area contributed by atoms with Crippen LogP contribution in [0.25, 0.3) is 49.7 Å². The maximum atomic E-state index is 8.98. The van der Waals surface area contributed by atoms with Gasteiger partial charge in [0.25, 0.3) is 0 Å². The Morgan fingerprint density at radius 1 is 0.576 bits per heavy atom. The number of nitriles is 1. The Bertz CT molecular complexity index is 1600. The number of hydrogen-bond donors (Lipinski definition) is 0. The van der Waals surface area contributed by atoms with Crippen LogP contribution < -0.4 is 0 Å². The Balaban J connectivity index is 1.50. The molecule has 0 fully saturated rings. The van der Waals surface area contributed by atoms with Gasteiger partial charge in [-0.05, 0) is 41.5 Å². The minimum Gasteiger partial charge on any atom is -0.309 e. The van der Waals surface area contributed by atoms with Crippen LogP contribution in [0, 0.1) is 11.3 Å².